The first-order valence-corrected chi connectivity index (χ1v) is 7.80. The predicted octanol–water partition coefficient (Wildman–Crippen LogP) is 4.72. The molecule has 0 heterocycles. The van der Waals surface area contributed by atoms with Crippen molar-refractivity contribution in [3.63, 3.8) is 0 Å². The molecule has 2 nitrogen and oxygen atoms in total. The third-order valence-corrected chi connectivity index (χ3v) is 4.57. The van der Waals surface area contributed by atoms with E-state index in [4.69, 9.17) is 4.74 Å². The summed E-state index contributed by atoms with van der Waals surface area (Å²) in [6, 6.07) is 10.2. The summed E-state index contributed by atoms with van der Waals surface area (Å²) in [5, 5.41) is 0. The van der Waals surface area contributed by atoms with Gasteiger partial charge in [0.05, 0.1) is 12.5 Å². The van der Waals surface area contributed by atoms with Crippen molar-refractivity contribution in [2.24, 2.45) is 11.3 Å². The summed E-state index contributed by atoms with van der Waals surface area (Å²) in [4.78, 5) is 12.5. The molecule has 1 aromatic carbocycles. The van der Waals surface area contributed by atoms with E-state index in [1.807, 2.05) is 25.1 Å². The molecular weight excluding hydrogens is 260 g/mol. The number of rotatable bonds is 4. The summed E-state index contributed by atoms with van der Waals surface area (Å²) in [7, 11) is 0. The maximum absolute atomic E-state index is 12.5. The summed E-state index contributed by atoms with van der Waals surface area (Å²) < 4.78 is 5.62. The maximum Gasteiger partial charge on any atom is 0.313 e. The highest BCUT2D eigenvalue weighted by atomic mass is 16.5. The highest BCUT2D eigenvalue weighted by Crippen LogP contribution is 2.41. The molecule has 0 aliphatic heterocycles. The van der Waals surface area contributed by atoms with E-state index in [-0.39, 0.29) is 23.2 Å². The summed E-state index contributed by atoms with van der Waals surface area (Å²) in [6.07, 6.45) is 4.28. The van der Waals surface area contributed by atoms with E-state index in [0.29, 0.717) is 6.61 Å². The van der Waals surface area contributed by atoms with Crippen LogP contribution in [0.1, 0.15) is 52.0 Å². The maximum atomic E-state index is 12.5. The van der Waals surface area contributed by atoms with Crippen LogP contribution in [0, 0.1) is 11.3 Å². The number of esters is 1. The van der Waals surface area contributed by atoms with Crippen molar-refractivity contribution in [3.05, 3.63) is 47.5 Å². The van der Waals surface area contributed by atoms with Crippen molar-refractivity contribution >= 4 is 5.97 Å². The molecule has 1 aliphatic rings. The van der Waals surface area contributed by atoms with Crippen LogP contribution in [0.3, 0.4) is 0 Å². The monoisotopic (exact) mass is 286 g/mol. The van der Waals surface area contributed by atoms with Gasteiger partial charge in [0, 0.05) is 5.92 Å². The lowest BCUT2D eigenvalue weighted by Gasteiger charge is -2.36. The lowest BCUT2D eigenvalue weighted by atomic mass is 9.69. The van der Waals surface area contributed by atoms with Crippen LogP contribution in [0.5, 0.6) is 0 Å². The van der Waals surface area contributed by atoms with Crippen LogP contribution in [0.25, 0.3) is 0 Å². The fourth-order valence-electron chi connectivity index (χ4n) is 3.22. The second-order valence-corrected chi connectivity index (χ2v) is 6.85. The lowest BCUT2D eigenvalue weighted by Crippen LogP contribution is -2.35. The molecule has 114 valence electrons. The van der Waals surface area contributed by atoms with E-state index in [2.05, 4.69) is 39.0 Å². The van der Waals surface area contributed by atoms with E-state index in [9.17, 15) is 4.79 Å². The SMILES string of the molecule is CC1=CCCC(C)(C)C1C(=O)OCC(C)c1ccccc1. The summed E-state index contributed by atoms with van der Waals surface area (Å²) in [5.41, 5.74) is 2.36. The summed E-state index contributed by atoms with van der Waals surface area (Å²) in [6.45, 7) is 8.92. The minimum atomic E-state index is -0.103. The van der Waals surface area contributed by atoms with Crippen LogP contribution in [0.2, 0.25) is 0 Å². The molecular formula is C19H26O2. The van der Waals surface area contributed by atoms with Gasteiger partial charge in [-0.05, 0) is 30.7 Å². The van der Waals surface area contributed by atoms with Gasteiger partial charge in [0.1, 0.15) is 0 Å². The molecule has 0 saturated heterocycles. The predicted molar refractivity (Wildman–Crippen MR) is 86.1 cm³/mol. The van der Waals surface area contributed by atoms with Crippen molar-refractivity contribution in [1.82, 2.24) is 0 Å². The van der Waals surface area contributed by atoms with E-state index in [0.717, 1.165) is 18.4 Å². The second kappa shape index (κ2) is 6.46. The lowest BCUT2D eigenvalue weighted by molar-refractivity contribution is -0.151. The summed E-state index contributed by atoms with van der Waals surface area (Å²) >= 11 is 0. The molecule has 0 amide bonds. The number of carbonyl (C=O) groups is 1. The number of hydrogen-bond acceptors (Lipinski definition) is 2. The third kappa shape index (κ3) is 3.75. The quantitative estimate of drug-likeness (QED) is 0.591. The number of ether oxygens (including phenoxy) is 1. The Morgan fingerprint density at radius 2 is 2.00 bits per heavy atom. The van der Waals surface area contributed by atoms with Gasteiger partial charge in [-0.15, -0.1) is 0 Å². The highest BCUT2D eigenvalue weighted by Gasteiger charge is 2.39. The first-order valence-electron chi connectivity index (χ1n) is 7.80. The molecule has 2 atom stereocenters. The minimum absolute atomic E-state index is 0.00803. The first kappa shape index (κ1) is 15.8. The Balaban J connectivity index is 1.98. The smallest absolute Gasteiger partial charge is 0.313 e. The number of benzene rings is 1. The Morgan fingerprint density at radius 3 is 2.62 bits per heavy atom. The zero-order valence-electron chi connectivity index (χ0n) is 13.6. The molecule has 1 aromatic rings. The van der Waals surface area contributed by atoms with Crippen LogP contribution in [-0.2, 0) is 9.53 Å². The van der Waals surface area contributed by atoms with Gasteiger partial charge in [0.25, 0.3) is 0 Å². The van der Waals surface area contributed by atoms with Crippen LogP contribution in [-0.4, -0.2) is 12.6 Å². The van der Waals surface area contributed by atoms with Crippen molar-refractivity contribution in [3.8, 4) is 0 Å². The fraction of sp³-hybridized carbons (Fsp3) is 0.526. The van der Waals surface area contributed by atoms with Gasteiger partial charge < -0.3 is 4.74 Å². The molecule has 2 rings (SSSR count). The molecule has 0 radical (unpaired) electrons. The van der Waals surface area contributed by atoms with Gasteiger partial charge in [0.15, 0.2) is 0 Å². The number of hydrogen-bond donors (Lipinski definition) is 0. The molecule has 0 fully saturated rings. The number of allylic oxidation sites excluding steroid dienone is 1. The largest absolute Gasteiger partial charge is 0.465 e. The fourth-order valence-corrected chi connectivity index (χ4v) is 3.22. The van der Waals surface area contributed by atoms with Crippen molar-refractivity contribution in [2.75, 3.05) is 6.61 Å². The number of carbonyl (C=O) groups excluding carboxylic acids is 1. The topological polar surface area (TPSA) is 26.3 Å². The van der Waals surface area contributed by atoms with Gasteiger partial charge in [-0.3, -0.25) is 4.79 Å². The molecule has 0 aromatic heterocycles. The van der Waals surface area contributed by atoms with Crippen LogP contribution >= 0.6 is 0 Å². The third-order valence-electron chi connectivity index (χ3n) is 4.57. The molecule has 0 bridgehead atoms. The molecule has 1 aliphatic carbocycles. The van der Waals surface area contributed by atoms with Crippen molar-refractivity contribution < 1.29 is 9.53 Å². The van der Waals surface area contributed by atoms with Gasteiger partial charge in [-0.25, -0.2) is 0 Å². The van der Waals surface area contributed by atoms with E-state index >= 15 is 0 Å². The standard InChI is InChI=1S/C19H26O2/c1-14-9-8-12-19(3,4)17(14)18(20)21-13-15(2)16-10-6-5-7-11-16/h5-7,9-11,15,17H,8,12-13H2,1-4H3. The van der Waals surface area contributed by atoms with Gasteiger partial charge in [0.2, 0.25) is 0 Å². The van der Waals surface area contributed by atoms with Crippen molar-refractivity contribution in [2.45, 2.75) is 46.5 Å². The molecule has 2 unspecified atom stereocenters. The Labute approximate surface area is 128 Å². The Hall–Kier alpha value is -1.57. The normalized spacial score (nSPS) is 22.3. The van der Waals surface area contributed by atoms with Crippen molar-refractivity contribution in [1.29, 1.82) is 0 Å². The molecule has 0 spiro atoms. The summed E-state index contributed by atoms with van der Waals surface area (Å²) in [5.74, 6) is 0.0524. The average Bonchev–Trinajstić information content (AvgIpc) is 2.44. The van der Waals surface area contributed by atoms with Gasteiger partial charge in [-0.2, -0.15) is 0 Å². The van der Waals surface area contributed by atoms with E-state index in [1.165, 1.54) is 5.56 Å². The molecule has 21 heavy (non-hydrogen) atoms. The van der Waals surface area contributed by atoms with Crippen LogP contribution in [0.15, 0.2) is 42.0 Å². The van der Waals surface area contributed by atoms with E-state index < -0.39 is 0 Å². The zero-order chi connectivity index (χ0) is 15.5. The van der Waals surface area contributed by atoms with E-state index in [1.54, 1.807) is 0 Å². The Bertz CT molecular complexity index is 514. The van der Waals surface area contributed by atoms with Crippen LogP contribution in [0.4, 0.5) is 0 Å². The molecule has 2 heteroatoms. The van der Waals surface area contributed by atoms with Gasteiger partial charge in [-0.1, -0.05) is 62.8 Å². The second-order valence-electron chi connectivity index (χ2n) is 6.85. The first-order chi connectivity index (χ1) is 9.92. The Kier molecular flexibility index (Phi) is 4.87. The minimum Gasteiger partial charge on any atom is -0.465 e. The highest BCUT2D eigenvalue weighted by molar-refractivity contribution is 5.77. The average molecular weight is 286 g/mol. The Morgan fingerprint density at radius 1 is 1.33 bits per heavy atom. The molecule has 0 saturated carbocycles. The molecule has 0 N–H and O–H groups in total. The zero-order valence-corrected chi connectivity index (χ0v) is 13.6. The van der Waals surface area contributed by atoms with Gasteiger partial charge >= 0.3 is 5.97 Å². The van der Waals surface area contributed by atoms with Crippen LogP contribution < -0.4 is 0 Å².